The van der Waals surface area contributed by atoms with Crippen molar-refractivity contribution in [3.63, 3.8) is 0 Å². The van der Waals surface area contributed by atoms with Crippen molar-refractivity contribution >= 4 is 5.91 Å². The quantitative estimate of drug-likeness (QED) is 0.337. The van der Waals surface area contributed by atoms with Crippen LogP contribution >= 0.6 is 0 Å². The highest BCUT2D eigenvalue weighted by molar-refractivity contribution is 5.91. The van der Waals surface area contributed by atoms with Crippen molar-refractivity contribution in [2.75, 3.05) is 13.1 Å². The van der Waals surface area contributed by atoms with Gasteiger partial charge in [0.05, 0.1) is 0 Å². The van der Waals surface area contributed by atoms with Gasteiger partial charge in [-0.05, 0) is 6.92 Å². The van der Waals surface area contributed by atoms with Gasteiger partial charge in [0.15, 0.2) is 0 Å². The van der Waals surface area contributed by atoms with Gasteiger partial charge in [-0.3, -0.25) is 4.79 Å². The summed E-state index contributed by atoms with van der Waals surface area (Å²) in [5, 5.41) is 2.44. The fourth-order valence-electron chi connectivity index (χ4n) is 0.374. The third-order valence-corrected chi connectivity index (χ3v) is 0.893. The number of nitrogens with one attached hydrogen (secondary N) is 2. The van der Waals surface area contributed by atoms with E-state index in [-0.39, 0.29) is 19.0 Å². The molecule has 0 rings (SSSR count). The first-order valence-electron chi connectivity index (χ1n) is 2.95. The zero-order valence-corrected chi connectivity index (χ0v) is 5.91. The molecule has 0 saturated heterocycles. The van der Waals surface area contributed by atoms with Crippen LogP contribution in [0.4, 0.5) is 4.48 Å². The van der Waals surface area contributed by atoms with Crippen LogP contribution in [0.3, 0.4) is 0 Å². The van der Waals surface area contributed by atoms with Crippen molar-refractivity contribution < 1.29 is 9.28 Å². The standard InChI is InChI=1S/C6H11FN2O/c1-5(2)6(10)8-3-4-9-7/h9H,1,3-4H2,2H3,(H,8,10). The van der Waals surface area contributed by atoms with Gasteiger partial charge in [0.1, 0.15) is 0 Å². The van der Waals surface area contributed by atoms with Crippen LogP contribution in [0.25, 0.3) is 0 Å². The van der Waals surface area contributed by atoms with Gasteiger partial charge in [0, 0.05) is 18.7 Å². The predicted octanol–water partition coefficient (Wildman–Crippen LogP) is 0.153. The fourth-order valence-corrected chi connectivity index (χ4v) is 0.374. The van der Waals surface area contributed by atoms with Gasteiger partial charge < -0.3 is 5.32 Å². The number of carbonyl (C=O) groups excluding carboxylic acids is 1. The number of rotatable bonds is 4. The first-order valence-corrected chi connectivity index (χ1v) is 2.95. The molecule has 0 aromatic carbocycles. The van der Waals surface area contributed by atoms with E-state index >= 15 is 0 Å². The van der Waals surface area contributed by atoms with Crippen molar-refractivity contribution in [2.24, 2.45) is 0 Å². The van der Waals surface area contributed by atoms with Crippen LogP contribution in [0.2, 0.25) is 0 Å². The van der Waals surface area contributed by atoms with Crippen LogP contribution in [-0.4, -0.2) is 19.0 Å². The molecule has 0 heterocycles. The summed E-state index contributed by atoms with van der Waals surface area (Å²) in [5.41, 5.74) is 1.85. The Morgan fingerprint density at radius 2 is 2.20 bits per heavy atom. The van der Waals surface area contributed by atoms with Crippen LogP contribution in [0, 0.1) is 0 Å². The van der Waals surface area contributed by atoms with Crippen molar-refractivity contribution in [3.05, 3.63) is 12.2 Å². The van der Waals surface area contributed by atoms with Crippen molar-refractivity contribution in [3.8, 4) is 0 Å². The van der Waals surface area contributed by atoms with Gasteiger partial charge in [-0.1, -0.05) is 6.58 Å². The summed E-state index contributed by atoms with van der Waals surface area (Å²) >= 11 is 0. The normalized spacial score (nSPS) is 9.00. The average Bonchev–Trinajstić information content (AvgIpc) is 1.88. The molecule has 0 aromatic heterocycles. The number of hydrogen-bond acceptors (Lipinski definition) is 2. The molecule has 0 aliphatic rings. The van der Waals surface area contributed by atoms with Crippen LogP contribution in [0.15, 0.2) is 12.2 Å². The highest BCUT2D eigenvalue weighted by Gasteiger charge is 1.97. The summed E-state index contributed by atoms with van der Waals surface area (Å²) in [7, 11) is 0. The highest BCUT2D eigenvalue weighted by atomic mass is 19.2. The monoisotopic (exact) mass is 146 g/mol. The molecule has 0 radical (unpaired) electrons. The molecular weight excluding hydrogens is 135 g/mol. The topological polar surface area (TPSA) is 41.1 Å². The van der Waals surface area contributed by atoms with Crippen LogP contribution < -0.4 is 10.9 Å². The number of amides is 1. The summed E-state index contributed by atoms with van der Waals surface area (Å²) in [6.07, 6.45) is 0. The van der Waals surface area contributed by atoms with E-state index in [0.717, 1.165) is 0 Å². The molecule has 1 amide bonds. The van der Waals surface area contributed by atoms with E-state index in [1.54, 1.807) is 6.92 Å². The second-order valence-corrected chi connectivity index (χ2v) is 1.92. The van der Waals surface area contributed by atoms with E-state index in [2.05, 4.69) is 11.9 Å². The molecule has 0 unspecified atom stereocenters. The zero-order chi connectivity index (χ0) is 7.98. The zero-order valence-electron chi connectivity index (χ0n) is 5.91. The third kappa shape index (κ3) is 4.03. The van der Waals surface area contributed by atoms with Gasteiger partial charge in [0.25, 0.3) is 0 Å². The molecule has 0 bridgehead atoms. The Hall–Kier alpha value is -0.900. The first-order chi connectivity index (χ1) is 4.68. The van der Waals surface area contributed by atoms with E-state index in [9.17, 15) is 9.28 Å². The SMILES string of the molecule is C=C(C)C(=O)NCCNF. The minimum absolute atomic E-state index is 0.124. The maximum Gasteiger partial charge on any atom is 0.246 e. The smallest absolute Gasteiger partial charge is 0.246 e. The molecule has 2 N–H and O–H groups in total. The average molecular weight is 146 g/mol. The van der Waals surface area contributed by atoms with Gasteiger partial charge in [-0.2, -0.15) is 5.54 Å². The Morgan fingerprint density at radius 3 is 2.60 bits per heavy atom. The summed E-state index contributed by atoms with van der Waals surface area (Å²) < 4.78 is 11.2. The van der Waals surface area contributed by atoms with E-state index in [1.165, 1.54) is 5.54 Å². The van der Waals surface area contributed by atoms with Gasteiger partial charge in [-0.15, -0.1) is 4.48 Å². The second-order valence-electron chi connectivity index (χ2n) is 1.92. The maximum atomic E-state index is 11.2. The molecule has 10 heavy (non-hydrogen) atoms. The first kappa shape index (κ1) is 9.10. The van der Waals surface area contributed by atoms with Gasteiger partial charge >= 0.3 is 0 Å². The van der Waals surface area contributed by atoms with E-state index in [1.807, 2.05) is 0 Å². The second kappa shape index (κ2) is 4.93. The van der Waals surface area contributed by atoms with E-state index in [0.29, 0.717) is 5.57 Å². The summed E-state index contributed by atoms with van der Waals surface area (Å²) in [6.45, 7) is 5.41. The largest absolute Gasteiger partial charge is 0.351 e. The Balaban J connectivity index is 3.31. The lowest BCUT2D eigenvalue weighted by atomic mass is 10.3. The van der Waals surface area contributed by atoms with Crippen molar-refractivity contribution in [1.29, 1.82) is 0 Å². The molecular formula is C6H11FN2O. The minimum Gasteiger partial charge on any atom is -0.351 e. The molecule has 58 valence electrons. The van der Waals surface area contributed by atoms with Crippen LogP contribution in [0.1, 0.15) is 6.92 Å². The van der Waals surface area contributed by atoms with Crippen LogP contribution in [-0.2, 0) is 4.79 Å². The molecule has 0 aliphatic heterocycles. The lowest BCUT2D eigenvalue weighted by Crippen LogP contribution is -2.29. The molecule has 4 heteroatoms. The molecule has 0 aliphatic carbocycles. The molecule has 0 fully saturated rings. The number of hydrogen-bond donors (Lipinski definition) is 2. The Bertz CT molecular complexity index is 136. The summed E-state index contributed by atoms with van der Waals surface area (Å²) in [6, 6.07) is 0. The van der Waals surface area contributed by atoms with E-state index < -0.39 is 0 Å². The lowest BCUT2D eigenvalue weighted by Gasteiger charge is -2.00. The Kier molecular flexibility index (Phi) is 4.49. The molecule has 0 aromatic rings. The minimum atomic E-state index is -0.241. The third-order valence-electron chi connectivity index (χ3n) is 0.893. The summed E-state index contributed by atoms with van der Waals surface area (Å²) in [5.74, 6) is -0.241. The van der Waals surface area contributed by atoms with Crippen molar-refractivity contribution in [1.82, 2.24) is 10.9 Å². The highest BCUT2D eigenvalue weighted by Crippen LogP contribution is 1.83. The lowest BCUT2D eigenvalue weighted by molar-refractivity contribution is -0.117. The molecule has 3 nitrogen and oxygen atoms in total. The molecule has 0 saturated carbocycles. The van der Waals surface area contributed by atoms with Gasteiger partial charge in [0.2, 0.25) is 5.91 Å². The van der Waals surface area contributed by atoms with Crippen LogP contribution in [0.5, 0.6) is 0 Å². The summed E-state index contributed by atoms with van der Waals surface area (Å²) in [4.78, 5) is 10.7. The Labute approximate surface area is 59.2 Å². The predicted molar refractivity (Wildman–Crippen MR) is 36.9 cm³/mol. The molecule has 0 atom stereocenters. The van der Waals surface area contributed by atoms with E-state index in [4.69, 9.17) is 0 Å². The number of halogens is 1. The fraction of sp³-hybridized carbons (Fsp3) is 0.500. The maximum absolute atomic E-state index is 11.2. The number of carbonyl (C=O) groups is 1. The van der Waals surface area contributed by atoms with Crippen molar-refractivity contribution in [2.45, 2.75) is 6.92 Å². The Morgan fingerprint density at radius 1 is 1.60 bits per heavy atom. The molecule has 0 spiro atoms. The van der Waals surface area contributed by atoms with Gasteiger partial charge in [-0.25, -0.2) is 0 Å².